The predicted molar refractivity (Wildman–Crippen MR) is 108 cm³/mol. The molecule has 26 heavy (non-hydrogen) atoms. The molecule has 0 radical (unpaired) electrons. The summed E-state index contributed by atoms with van der Waals surface area (Å²) in [5.41, 5.74) is 1.59. The first-order valence-electron chi connectivity index (χ1n) is 7.68. The number of carbonyl (C=O) groups is 1. The maximum atomic E-state index is 11.8. The molecule has 136 valence electrons. The number of halogens is 2. The molecule has 0 saturated heterocycles. The molecule has 0 spiro atoms. The van der Waals surface area contributed by atoms with Gasteiger partial charge in [-0.15, -0.1) is 0 Å². The predicted octanol–water partition coefficient (Wildman–Crippen LogP) is 4.96. The Morgan fingerprint density at radius 3 is 2.77 bits per heavy atom. The zero-order valence-electron chi connectivity index (χ0n) is 13.7. The third kappa shape index (κ3) is 6.71. The van der Waals surface area contributed by atoms with Crippen LogP contribution in [0.15, 0.2) is 48.5 Å². The van der Waals surface area contributed by atoms with Crippen molar-refractivity contribution in [3.8, 4) is 0 Å². The van der Waals surface area contributed by atoms with E-state index in [9.17, 15) is 14.9 Å². The minimum absolute atomic E-state index is 0.00943. The van der Waals surface area contributed by atoms with Gasteiger partial charge in [-0.25, -0.2) is 0 Å². The molecule has 0 atom stereocenters. The number of hydrogen-bond acceptors (Lipinski definition) is 4. The van der Waals surface area contributed by atoms with Crippen LogP contribution in [-0.2, 0) is 10.5 Å². The molecule has 1 N–H and O–H groups in total. The molecule has 5 nitrogen and oxygen atoms in total. The lowest BCUT2D eigenvalue weighted by Gasteiger charge is -2.05. The van der Waals surface area contributed by atoms with Crippen LogP contribution in [0.2, 0.25) is 10.0 Å². The van der Waals surface area contributed by atoms with Gasteiger partial charge in [-0.05, 0) is 29.3 Å². The average Bonchev–Trinajstić information content (AvgIpc) is 2.61. The Labute approximate surface area is 165 Å². The summed E-state index contributed by atoms with van der Waals surface area (Å²) >= 11 is 13.6. The van der Waals surface area contributed by atoms with Gasteiger partial charge in [0.25, 0.3) is 5.69 Å². The SMILES string of the molecule is O=C(C=Cc1cccc([N+](=O)[O-])c1)NCCSCc1ccc(Cl)cc1Cl. The maximum absolute atomic E-state index is 11.8. The fourth-order valence-corrected chi connectivity index (χ4v) is 3.46. The first-order chi connectivity index (χ1) is 12.5. The summed E-state index contributed by atoms with van der Waals surface area (Å²) in [5, 5.41) is 14.7. The number of nitrogens with zero attached hydrogens (tertiary/aromatic N) is 1. The molecule has 1 amide bonds. The molecule has 0 aliphatic heterocycles. The van der Waals surface area contributed by atoms with Crippen molar-refractivity contribution in [1.82, 2.24) is 5.32 Å². The van der Waals surface area contributed by atoms with Crippen molar-refractivity contribution in [3.63, 3.8) is 0 Å². The number of carbonyl (C=O) groups excluding carboxylic acids is 1. The number of rotatable bonds is 8. The Kier molecular flexibility index (Phi) is 7.97. The fourth-order valence-electron chi connectivity index (χ4n) is 2.04. The zero-order chi connectivity index (χ0) is 18.9. The van der Waals surface area contributed by atoms with E-state index in [1.165, 1.54) is 18.2 Å². The van der Waals surface area contributed by atoms with Crippen LogP contribution in [0.1, 0.15) is 11.1 Å². The number of hydrogen-bond donors (Lipinski definition) is 1. The van der Waals surface area contributed by atoms with E-state index in [1.807, 2.05) is 6.07 Å². The second-order valence-electron chi connectivity index (χ2n) is 5.26. The first kappa shape index (κ1) is 20.3. The Morgan fingerprint density at radius 2 is 2.04 bits per heavy atom. The van der Waals surface area contributed by atoms with E-state index < -0.39 is 4.92 Å². The molecule has 2 aromatic carbocycles. The van der Waals surface area contributed by atoms with Gasteiger partial charge in [0, 0.05) is 46.3 Å². The minimum atomic E-state index is -0.471. The molecule has 0 bridgehead atoms. The Hall–Kier alpha value is -2.02. The topological polar surface area (TPSA) is 72.2 Å². The molecule has 2 aromatic rings. The molecule has 0 heterocycles. The molecule has 0 unspecified atom stereocenters. The Balaban J connectivity index is 1.72. The van der Waals surface area contributed by atoms with E-state index in [2.05, 4.69) is 5.32 Å². The van der Waals surface area contributed by atoms with Crippen molar-refractivity contribution >= 4 is 52.6 Å². The molecule has 0 saturated carbocycles. The summed E-state index contributed by atoms with van der Waals surface area (Å²) in [6.45, 7) is 0.508. The van der Waals surface area contributed by atoms with Crippen LogP contribution in [0.4, 0.5) is 5.69 Å². The monoisotopic (exact) mass is 410 g/mol. The van der Waals surface area contributed by atoms with Crippen molar-refractivity contribution in [2.45, 2.75) is 5.75 Å². The molecule has 0 aliphatic rings. The highest BCUT2D eigenvalue weighted by Crippen LogP contribution is 2.24. The molecule has 0 aromatic heterocycles. The zero-order valence-corrected chi connectivity index (χ0v) is 16.0. The average molecular weight is 411 g/mol. The maximum Gasteiger partial charge on any atom is 0.270 e. The van der Waals surface area contributed by atoms with Crippen LogP contribution in [-0.4, -0.2) is 23.1 Å². The highest BCUT2D eigenvalue weighted by Gasteiger charge is 2.04. The van der Waals surface area contributed by atoms with Crippen LogP contribution in [0.25, 0.3) is 6.08 Å². The van der Waals surface area contributed by atoms with Crippen LogP contribution in [0.5, 0.6) is 0 Å². The van der Waals surface area contributed by atoms with Crippen molar-refractivity contribution in [2.24, 2.45) is 0 Å². The van der Waals surface area contributed by atoms with Crippen molar-refractivity contribution in [3.05, 3.63) is 79.8 Å². The highest BCUT2D eigenvalue weighted by molar-refractivity contribution is 7.98. The number of non-ortho nitro benzene ring substituents is 1. The first-order valence-corrected chi connectivity index (χ1v) is 9.59. The third-order valence-corrected chi connectivity index (χ3v) is 4.92. The summed E-state index contributed by atoms with van der Waals surface area (Å²) in [6, 6.07) is 11.5. The van der Waals surface area contributed by atoms with E-state index in [0.717, 1.165) is 17.1 Å². The second-order valence-corrected chi connectivity index (χ2v) is 7.21. The van der Waals surface area contributed by atoms with Gasteiger partial charge < -0.3 is 5.32 Å². The largest absolute Gasteiger partial charge is 0.352 e. The Morgan fingerprint density at radius 1 is 1.23 bits per heavy atom. The lowest BCUT2D eigenvalue weighted by molar-refractivity contribution is -0.384. The van der Waals surface area contributed by atoms with Crippen molar-refractivity contribution in [2.75, 3.05) is 12.3 Å². The lowest BCUT2D eigenvalue weighted by Crippen LogP contribution is -2.23. The van der Waals surface area contributed by atoms with E-state index >= 15 is 0 Å². The third-order valence-electron chi connectivity index (χ3n) is 3.33. The van der Waals surface area contributed by atoms with Gasteiger partial charge in [-0.1, -0.05) is 41.4 Å². The summed E-state index contributed by atoms with van der Waals surface area (Å²) in [7, 11) is 0. The summed E-state index contributed by atoms with van der Waals surface area (Å²) in [6.07, 6.45) is 2.91. The van der Waals surface area contributed by atoms with Gasteiger partial charge in [-0.2, -0.15) is 11.8 Å². The van der Waals surface area contributed by atoms with Gasteiger partial charge >= 0.3 is 0 Å². The Bertz CT molecular complexity index is 828. The smallest absolute Gasteiger partial charge is 0.270 e. The quantitative estimate of drug-likeness (QED) is 0.288. The minimum Gasteiger partial charge on any atom is -0.352 e. The number of nitrogens with one attached hydrogen (secondary N) is 1. The van der Waals surface area contributed by atoms with Crippen LogP contribution >= 0.6 is 35.0 Å². The van der Waals surface area contributed by atoms with Gasteiger partial charge in [0.1, 0.15) is 0 Å². The van der Waals surface area contributed by atoms with E-state index in [-0.39, 0.29) is 11.6 Å². The van der Waals surface area contributed by atoms with Gasteiger partial charge in [0.2, 0.25) is 5.91 Å². The van der Waals surface area contributed by atoms with Crippen LogP contribution in [0.3, 0.4) is 0 Å². The normalized spacial score (nSPS) is 10.8. The number of thioether (sulfide) groups is 1. The molecular weight excluding hydrogens is 395 g/mol. The second kappa shape index (κ2) is 10.2. The van der Waals surface area contributed by atoms with Crippen LogP contribution in [0, 0.1) is 10.1 Å². The van der Waals surface area contributed by atoms with E-state index in [1.54, 1.807) is 42.1 Å². The number of amides is 1. The molecular formula is C18H16Cl2N2O3S. The summed E-state index contributed by atoms with van der Waals surface area (Å²) in [4.78, 5) is 22.0. The van der Waals surface area contributed by atoms with Crippen LogP contribution < -0.4 is 5.32 Å². The van der Waals surface area contributed by atoms with E-state index in [4.69, 9.17) is 23.2 Å². The molecule has 8 heteroatoms. The fraction of sp³-hybridized carbons (Fsp3) is 0.167. The number of nitro groups is 1. The van der Waals surface area contributed by atoms with Crippen molar-refractivity contribution < 1.29 is 9.72 Å². The summed E-state index contributed by atoms with van der Waals surface area (Å²) in [5.74, 6) is 1.21. The lowest BCUT2D eigenvalue weighted by atomic mass is 10.2. The van der Waals surface area contributed by atoms with Gasteiger partial charge in [0.15, 0.2) is 0 Å². The molecule has 0 fully saturated rings. The number of benzene rings is 2. The van der Waals surface area contributed by atoms with Crippen molar-refractivity contribution in [1.29, 1.82) is 0 Å². The molecule has 2 rings (SSSR count). The van der Waals surface area contributed by atoms with Gasteiger partial charge in [-0.3, -0.25) is 14.9 Å². The standard InChI is InChI=1S/C18H16Cl2N2O3S/c19-15-6-5-14(17(20)11-15)12-26-9-8-21-18(23)7-4-13-2-1-3-16(10-13)22(24)25/h1-7,10-11H,8-9,12H2,(H,21,23). The van der Waals surface area contributed by atoms with E-state index in [0.29, 0.717) is 22.2 Å². The highest BCUT2D eigenvalue weighted by atomic mass is 35.5. The number of nitro benzene ring substituents is 1. The molecule has 0 aliphatic carbocycles. The summed E-state index contributed by atoms with van der Waals surface area (Å²) < 4.78 is 0. The van der Waals surface area contributed by atoms with Gasteiger partial charge in [0.05, 0.1) is 4.92 Å².